The molecule has 1 atom stereocenters. The van der Waals surface area contributed by atoms with Crippen molar-refractivity contribution in [2.45, 2.75) is 38.6 Å². The number of halogens is 1. The molecule has 8 heteroatoms. The van der Waals surface area contributed by atoms with Gasteiger partial charge in [-0.05, 0) is 38.0 Å². The standard InChI is InChI=1S/C22H28ClN5O2/c1-14(2)25-21(30)18-12-24-22(27(3)4)26-20(18)16-8-9-28(13-16)19(29)11-15-6-5-7-17(23)10-15/h5-7,10,12,14,16H,8-9,11,13H2,1-4H3,(H,25,30). The van der Waals surface area contributed by atoms with Crippen LogP contribution in [-0.4, -0.2) is 59.9 Å². The lowest BCUT2D eigenvalue weighted by atomic mass is 9.99. The molecule has 0 saturated carbocycles. The van der Waals surface area contributed by atoms with Crippen molar-refractivity contribution in [3.8, 4) is 0 Å². The number of benzene rings is 1. The maximum absolute atomic E-state index is 12.8. The first kappa shape index (κ1) is 22.0. The lowest BCUT2D eigenvalue weighted by Crippen LogP contribution is -2.33. The summed E-state index contributed by atoms with van der Waals surface area (Å²) in [5.74, 6) is 0.404. The highest BCUT2D eigenvalue weighted by Gasteiger charge is 2.31. The predicted octanol–water partition coefficient (Wildman–Crippen LogP) is 2.89. The minimum absolute atomic E-state index is 0.0112. The smallest absolute Gasteiger partial charge is 0.254 e. The summed E-state index contributed by atoms with van der Waals surface area (Å²) in [6.45, 7) is 5.00. The van der Waals surface area contributed by atoms with E-state index in [-0.39, 0.29) is 23.8 Å². The highest BCUT2D eigenvalue weighted by Crippen LogP contribution is 2.29. The molecule has 1 unspecified atom stereocenters. The Labute approximate surface area is 182 Å². The van der Waals surface area contributed by atoms with Crippen LogP contribution in [0.1, 0.15) is 47.8 Å². The van der Waals surface area contributed by atoms with E-state index in [4.69, 9.17) is 11.6 Å². The summed E-state index contributed by atoms with van der Waals surface area (Å²) in [4.78, 5) is 38.1. The van der Waals surface area contributed by atoms with Crippen molar-refractivity contribution in [2.24, 2.45) is 0 Å². The molecule has 0 spiro atoms. The van der Waals surface area contributed by atoms with Gasteiger partial charge in [-0.2, -0.15) is 0 Å². The quantitative estimate of drug-likeness (QED) is 0.763. The second kappa shape index (κ2) is 9.43. The number of hydrogen-bond acceptors (Lipinski definition) is 5. The van der Waals surface area contributed by atoms with E-state index < -0.39 is 0 Å². The first-order valence-corrected chi connectivity index (χ1v) is 10.5. The third kappa shape index (κ3) is 5.27. The second-order valence-corrected chi connectivity index (χ2v) is 8.56. The van der Waals surface area contributed by atoms with Gasteiger partial charge in [-0.1, -0.05) is 23.7 Å². The van der Waals surface area contributed by atoms with Gasteiger partial charge in [-0.25, -0.2) is 9.97 Å². The van der Waals surface area contributed by atoms with Crippen LogP contribution in [0, 0.1) is 0 Å². The molecular formula is C22H28ClN5O2. The molecule has 7 nitrogen and oxygen atoms in total. The number of nitrogens with zero attached hydrogens (tertiary/aromatic N) is 4. The van der Waals surface area contributed by atoms with Crippen LogP contribution in [-0.2, 0) is 11.2 Å². The van der Waals surface area contributed by atoms with Crippen molar-refractivity contribution in [1.29, 1.82) is 0 Å². The third-order valence-corrected chi connectivity index (χ3v) is 5.28. The lowest BCUT2D eigenvalue weighted by molar-refractivity contribution is -0.129. The fourth-order valence-corrected chi connectivity index (χ4v) is 3.78. The SMILES string of the molecule is CC(C)NC(=O)c1cnc(N(C)C)nc1C1CCN(C(=O)Cc2cccc(Cl)c2)C1. The number of anilines is 1. The van der Waals surface area contributed by atoms with E-state index in [2.05, 4.69) is 15.3 Å². The normalized spacial score (nSPS) is 16.1. The van der Waals surface area contributed by atoms with Crippen molar-refractivity contribution < 1.29 is 9.59 Å². The Morgan fingerprint density at radius 1 is 1.33 bits per heavy atom. The number of rotatable bonds is 6. The lowest BCUT2D eigenvalue weighted by Gasteiger charge is -2.20. The van der Waals surface area contributed by atoms with Crippen LogP contribution in [0.4, 0.5) is 5.95 Å². The van der Waals surface area contributed by atoms with E-state index in [1.165, 1.54) is 0 Å². The van der Waals surface area contributed by atoms with Gasteiger partial charge in [0.15, 0.2) is 0 Å². The zero-order valence-electron chi connectivity index (χ0n) is 17.9. The zero-order chi connectivity index (χ0) is 21.8. The molecule has 0 bridgehead atoms. The average Bonchev–Trinajstić information content (AvgIpc) is 3.17. The van der Waals surface area contributed by atoms with E-state index in [9.17, 15) is 9.59 Å². The Kier molecular flexibility index (Phi) is 6.92. The molecule has 1 aliphatic heterocycles. The molecule has 2 heterocycles. The first-order valence-electron chi connectivity index (χ1n) is 10.1. The number of likely N-dealkylation sites (tertiary alicyclic amines) is 1. The van der Waals surface area contributed by atoms with Gasteiger partial charge in [0, 0.05) is 50.4 Å². The summed E-state index contributed by atoms with van der Waals surface area (Å²) >= 11 is 6.03. The van der Waals surface area contributed by atoms with Gasteiger partial charge in [0.25, 0.3) is 5.91 Å². The number of carbonyl (C=O) groups excluding carboxylic acids is 2. The van der Waals surface area contributed by atoms with Crippen molar-refractivity contribution in [2.75, 3.05) is 32.1 Å². The number of amides is 2. The number of nitrogens with one attached hydrogen (secondary N) is 1. The molecule has 1 fully saturated rings. The van der Waals surface area contributed by atoms with Gasteiger partial charge in [-0.15, -0.1) is 0 Å². The van der Waals surface area contributed by atoms with E-state index >= 15 is 0 Å². The highest BCUT2D eigenvalue weighted by atomic mass is 35.5. The summed E-state index contributed by atoms with van der Waals surface area (Å²) in [5, 5.41) is 3.54. The average molecular weight is 430 g/mol. The van der Waals surface area contributed by atoms with Crippen LogP contribution < -0.4 is 10.2 Å². The first-order chi connectivity index (χ1) is 14.2. The minimum Gasteiger partial charge on any atom is -0.350 e. The summed E-state index contributed by atoms with van der Waals surface area (Å²) in [7, 11) is 3.73. The highest BCUT2D eigenvalue weighted by molar-refractivity contribution is 6.30. The summed E-state index contributed by atoms with van der Waals surface area (Å²) in [6, 6.07) is 7.37. The largest absolute Gasteiger partial charge is 0.350 e. The molecule has 2 amide bonds. The van der Waals surface area contributed by atoms with Crippen LogP contribution in [0.5, 0.6) is 0 Å². The minimum atomic E-state index is -0.186. The molecule has 1 N–H and O–H groups in total. The fraction of sp³-hybridized carbons (Fsp3) is 0.455. The molecule has 0 aliphatic carbocycles. The molecular weight excluding hydrogens is 402 g/mol. The molecule has 30 heavy (non-hydrogen) atoms. The molecule has 1 aliphatic rings. The van der Waals surface area contributed by atoms with Gasteiger partial charge in [-0.3, -0.25) is 9.59 Å². The van der Waals surface area contributed by atoms with Gasteiger partial charge in [0.05, 0.1) is 17.7 Å². The summed E-state index contributed by atoms with van der Waals surface area (Å²) in [5.41, 5.74) is 2.07. The monoisotopic (exact) mass is 429 g/mol. The van der Waals surface area contributed by atoms with Crippen LogP contribution in [0.15, 0.2) is 30.5 Å². The van der Waals surface area contributed by atoms with Gasteiger partial charge >= 0.3 is 0 Å². The Morgan fingerprint density at radius 3 is 2.77 bits per heavy atom. The molecule has 3 rings (SSSR count). The van der Waals surface area contributed by atoms with E-state index in [1.54, 1.807) is 12.3 Å². The van der Waals surface area contributed by atoms with Crippen LogP contribution >= 0.6 is 11.6 Å². The number of carbonyl (C=O) groups is 2. The van der Waals surface area contributed by atoms with Gasteiger partial charge in [0.1, 0.15) is 0 Å². The van der Waals surface area contributed by atoms with Crippen LogP contribution in [0.3, 0.4) is 0 Å². The molecule has 1 aromatic carbocycles. The number of aromatic nitrogens is 2. The van der Waals surface area contributed by atoms with Crippen molar-refractivity contribution >= 4 is 29.4 Å². The summed E-state index contributed by atoms with van der Waals surface area (Å²) < 4.78 is 0. The molecule has 1 saturated heterocycles. The molecule has 0 radical (unpaired) electrons. The Morgan fingerprint density at radius 2 is 2.10 bits per heavy atom. The van der Waals surface area contributed by atoms with E-state index in [0.717, 1.165) is 12.0 Å². The Hall–Kier alpha value is -2.67. The summed E-state index contributed by atoms with van der Waals surface area (Å²) in [6.07, 6.45) is 2.65. The maximum atomic E-state index is 12.8. The topological polar surface area (TPSA) is 78.4 Å². The molecule has 1 aromatic heterocycles. The fourth-order valence-electron chi connectivity index (χ4n) is 3.57. The second-order valence-electron chi connectivity index (χ2n) is 8.12. The van der Waals surface area contributed by atoms with Crippen molar-refractivity contribution in [3.05, 3.63) is 52.3 Å². The predicted molar refractivity (Wildman–Crippen MR) is 118 cm³/mol. The molecule has 160 valence electrons. The zero-order valence-corrected chi connectivity index (χ0v) is 18.6. The van der Waals surface area contributed by atoms with Crippen molar-refractivity contribution in [1.82, 2.24) is 20.2 Å². The van der Waals surface area contributed by atoms with E-state index in [1.807, 2.05) is 55.9 Å². The van der Waals surface area contributed by atoms with Crippen LogP contribution in [0.25, 0.3) is 0 Å². The van der Waals surface area contributed by atoms with Gasteiger partial charge in [0.2, 0.25) is 11.9 Å². The number of hydrogen-bond donors (Lipinski definition) is 1. The third-order valence-electron chi connectivity index (χ3n) is 5.04. The Balaban J connectivity index is 1.79. The van der Waals surface area contributed by atoms with Crippen LogP contribution in [0.2, 0.25) is 5.02 Å². The van der Waals surface area contributed by atoms with E-state index in [0.29, 0.717) is 41.7 Å². The Bertz CT molecular complexity index is 931. The van der Waals surface area contributed by atoms with Gasteiger partial charge < -0.3 is 15.1 Å². The molecule has 2 aromatic rings. The maximum Gasteiger partial charge on any atom is 0.254 e. The van der Waals surface area contributed by atoms with Crippen molar-refractivity contribution in [3.63, 3.8) is 0 Å².